The van der Waals surface area contributed by atoms with Crippen molar-refractivity contribution in [1.29, 1.82) is 5.26 Å². The summed E-state index contributed by atoms with van der Waals surface area (Å²) in [7, 11) is 0. The maximum Gasteiger partial charge on any atom is 0.303 e. The Kier molecular flexibility index (Phi) is 5.19. The molecule has 0 aliphatic heterocycles. The van der Waals surface area contributed by atoms with Crippen LogP contribution in [0.5, 0.6) is 5.75 Å². The Morgan fingerprint density at radius 2 is 1.94 bits per heavy atom. The molecule has 4 heteroatoms. The van der Waals surface area contributed by atoms with Crippen LogP contribution in [0.1, 0.15) is 36.0 Å². The first-order chi connectivity index (χ1) is 8.54. The molecule has 4 nitrogen and oxygen atoms in total. The summed E-state index contributed by atoms with van der Waals surface area (Å²) in [6, 6.07) is 5.69. The third kappa shape index (κ3) is 4.10. The predicted molar refractivity (Wildman–Crippen MR) is 67.6 cm³/mol. The van der Waals surface area contributed by atoms with Crippen LogP contribution in [0.4, 0.5) is 0 Å². The van der Waals surface area contributed by atoms with Crippen LogP contribution in [0, 0.1) is 25.2 Å². The van der Waals surface area contributed by atoms with E-state index in [-0.39, 0.29) is 6.42 Å². The summed E-state index contributed by atoms with van der Waals surface area (Å²) in [4.78, 5) is 10.3. The molecule has 0 heterocycles. The first-order valence-corrected chi connectivity index (χ1v) is 5.90. The van der Waals surface area contributed by atoms with Gasteiger partial charge in [0.2, 0.25) is 0 Å². The van der Waals surface area contributed by atoms with E-state index < -0.39 is 5.97 Å². The number of benzene rings is 1. The number of hydrogen-bond donors (Lipinski definition) is 1. The van der Waals surface area contributed by atoms with Crippen molar-refractivity contribution in [1.82, 2.24) is 0 Å². The van der Waals surface area contributed by atoms with E-state index in [0.717, 1.165) is 16.9 Å². The zero-order chi connectivity index (χ0) is 13.5. The lowest BCUT2D eigenvalue weighted by Gasteiger charge is -2.12. The highest BCUT2D eigenvalue weighted by Gasteiger charge is 2.06. The smallest absolute Gasteiger partial charge is 0.303 e. The average Bonchev–Trinajstić information content (AvgIpc) is 2.31. The Bertz CT molecular complexity index is 451. The topological polar surface area (TPSA) is 70.3 Å². The number of nitriles is 1. The molecule has 0 radical (unpaired) electrons. The molecule has 0 aliphatic rings. The van der Waals surface area contributed by atoms with Gasteiger partial charge in [-0.1, -0.05) is 0 Å². The fourth-order valence-electron chi connectivity index (χ4n) is 1.80. The molecular formula is C14H17NO3. The first kappa shape index (κ1) is 14.0. The lowest BCUT2D eigenvalue weighted by atomic mass is 10.1. The molecule has 0 spiro atoms. The van der Waals surface area contributed by atoms with Crippen molar-refractivity contribution in [3.63, 3.8) is 0 Å². The van der Waals surface area contributed by atoms with Crippen LogP contribution in [0.15, 0.2) is 12.1 Å². The normalized spacial score (nSPS) is 9.83. The molecule has 0 aliphatic carbocycles. The van der Waals surface area contributed by atoms with Crippen LogP contribution in [0.3, 0.4) is 0 Å². The molecule has 0 saturated carbocycles. The maximum absolute atomic E-state index is 10.3. The van der Waals surface area contributed by atoms with Gasteiger partial charge in [-0.3, -0.25) is 4.79 Å². The van der Waals surface area contributed by atoms with E-state index in [9.17, 15) is 4.79 Å². The van der Waals surface area contributed by atoms with Crippen molar-refractivity contribution < 1.29 is 14.6 Å². The minimum atomic E-state index is -0.777. The summed E-state index contributed by atoms with van der Waals surface area (Å²) in [5, 5.41) is 17.3. The van der Waals surface area contributed by atoms with Gasteiger partial charge in [-0.05, 0) is 49.9 Å². The predicted octanol–water partition coefficient (Wildman–Crippen LogP) is 2.81. The molecule has 0 unspecified atom stereocenters. The van der Waals surface area contributed by atoms with Gasteiger partial charge in [-0.15, -0.1) is 0 Å². The summed E-state index contributed by atoms with van der Waals surface area (Å²) in [6.07, 6.45) is 1.50. The quantitative estimate of drug-likeness (QED) is 0.785. The summed E-state index contributed by atoms with van der Waals surface area (Å²) >= 11 is 0. The van der Waals surface area contributed by atoms with Crippen LogP contribution in [0.2, 0.25) is 0 Å². The lowest BCUT2D eigenvalue weighted by molar-refractivity contribution is -0.137. The molecule has 0 atom stereocenters. The van der Waals surface area contributed by atoms with Crippen molar-refractivity contribution in [3.05, 3.63) is 28.8 Å². The van der Waals surface area contributed by atoms with Crippen molar-refractivity contribution in [2.75, 3.05) is 6.61 Å². The number of hydrogen-bond acceptors (Lipinski definition) is 3. The Hall–Kier alpha value is -2.02. The minimum Gasteiger partial charge on any atom is -0.493 e. The Morgan fingerprint density at radius 1 is 1.33 bits per heavy atom. The molecular weight excluding hydrogens is 230 g/mol. The standard InChI is InChI=1S/C14H17NO3/c1-10-7-12(9-15)8-11(2)14(10)18-6-4-3-5-13(16)17/h7-8H,3-6H2,1-2H3,(H,16,17). The number of carboxylic acids is 1. The van der Waals surface area contributed by atoms with Crippen molar-refractivity contribution in [2.24, 2.45) is 0 Å². The summed E-state index contributed by atoms with van der Waals surface area (Å²) in [5.74, 6) is 0.0186. The van der Waals surface area contributed by atoms with Crippen LogP contribution in [-0.4, -0.2) is 17.7 Å². The molecule has 0 fully saturated rings. The molecule has 0 bridgehead atoms. The molecule has 0 amide bonds. The monoisotopic (exact) mass is 247 g/mol. The highest BCUT2D eigenvalue weighted by atomic mass is 16.5. The SMILES string of the molecule is Cc1cc(C#N)cc(C)c1OCCCCC(=O)O. The zero-order valence-corrected chi connectivity index (χ0v) is 10.7. The number of ether oxygens (including phenoxy) is 1. The van der Waals surface area contributed by atoms with Gasteiger partial charge in [0, 0.05) is 6.42 Å². The second kappa shape index (κ2) is 6.65. The number of nitrogens with zero attached hydrogens (tertiary/aromatic N) is 1. The van der Waals surface area contributed by atoms with Crippen LogP contribution < -0.4 is 4.74 Å². The third-order valence-electron chi connectivity index (χ3n) is 2.62. The first-order valence-electron chi connectivity index (χ1n) is 5.90. The maximum atomic E-state index is 10.3. The number of carboxylic acid groups (broad SMARTS) is 1. The number of aliphatic carboxylic acids is 1. The largest absolute Gasteiger partial charge is 0.493 e. The van der Waals surface area contributed by atoms with Crippen molar-refractivity contribution in [3.8, 4) is 11.8 Å². The molecule has 1 N–H and O–H groups in total. The molecule has 18 heavy (non-hydrogen) atoms. The van der Waals surface area contributed by atoms with Crippen molar-refractivity contribution in [2.45, 2.75) is 33.1 Å². The molecule has 1 aromatic rings. The van der Waals surface area contributed by atoms with Gasteiger partial charge >= 0.3 is 5.97 Å². The fraction of sp³-hybridized carbons (Fsp3) is 0.429. The lowest BCUT2D eigenvalue weighted by Crippen LogP contribution is -2.02. The number of unbranched alkanes of at least 4 members (excludes halogenated alkanes) is 1. The van der Waals surface area contributed by atoms with E-state index in [1.54, 1.807) is 12.1 Å². The molecule has 96 valence electrons. The number of carbonyl (C=O) groups is 1. The van der Waals surface area contributed by atoms with E-state index in [4.69, 9.17) is 15.1 Å². The molecule has 0 saturated heterocycles. The highest BCUT2D eigenvalue weighted by Crippen LogP contribution is 2.24. The zero-order valence-electron chi connectivity index (χ0n) is 10.7. The average molecular weight is 247 g/mol. The van der Waals surface area contributed by atoms with Gasteiger partial charge in [0.1, 0.15) is 5.75 Å². The second-order valence-corrected chi connectivity index (χ2v) is 4.25. The van der Waals surface area contributed by atoms with Gasteiger partial charge in [-0.25, -0.2) is 0 Å². The van der Waals surface area contributed by atoms with Gasteiger partial charge in [-0.2, -0.15) is 5.26 Å². The Balaban J connectivity index is 2.53. The van der Waals surface area contributed by atoms with Gasteiger partial charge < -0.3 is 9.84 Å². The Labute approximate surface area is 107 Å². The van der Waals surface area contributed by atoms with E-state index in [0.29, 0.717) is 25.0 Å². The van der Waals surface area contributed by atoms with Crippen LogP contribution in [0.25, 0.3) is 0 Å². The van der Waals surface area contributed by atoms with E-state index in [1.807, 2.05) is 13.8 Å². The Morgan fingerprint density at radius 3 is 2.44 bits per heavy atom. The van der Waals surface area contributed by atoms with Gasteiger partial charge in [0.05, 0.1) is 18.2 Å². The number of rotatable bonds is 6. The van der Waals surface area contributed by atoms with Gasteiger partial charge in [0.25, 0.3) is 0 Å². The summed E-state index contributed by atoms with van der Waals surface area (Å²) < 4.78 is 5.65. The minimum absolute atomic E-state index is 0.175. The summed E-state index contributed by atoms with van der Waals surface area (Å²) in [5.41, 5.74) is 2.50. The van der Waals surface area contributed by atoms with Crippen LogP contribution >= 0.6 is 0 Å². The van der Waals surface area contributed by atoms with E-state index in [2.05, 4.69) is 6.07 Å². The molecule has 0 aromatic heterocycles. The van der Waals surface area contributed by atoms with E-state index >= 15 is 0 Å². The third-order valence-corrected chi connectivity index (χ3v) is 2.62. The van der Waals surface area contributed by atoms with Crippen LogP contribution in [-0.2, 0) is 4.79 Å². The van der Waals surface area contributed by atoms with Crippen molar-refractivity contribution >= 4 is 5.97 Å². The number of aryl methyl sites for hydroxylation is 2. The molecule has 1 rings (SSSR count). The highest BCUT2D eigenvalue weighted by molar-refractivity contribution is 5.66. The van der Waals surface area contributed by atoms with E-state index in [1.165, 1.54) is 0 Å². The second-order valence-electron chi connectivity index (χ2n) is 4.25. The molecule has 1 aromatic carbocycles. The fourth-order valence-corrected chi connectivity index (χ4v) is 1.80. The van der Waals surface area contributed by atoms with Gasteiger partial charge in [0.15, 0.2) is 0 Å². The summed E-state index contributed by atoms with van der Waals surface area (Å²) in [6.45, 7) is 4.31.